The minimum absolute atomic E-state index is 0.00883. The van der Waals surface area contributed by atoms with E-state index in [1.807, 2.05) is 6.07 Å². The highest BCUT2D eigenvalue weighted by atomic mass is 19.4. The van der Waals surface area contributed by atoms with Gasteiger partial charge in [-0.25, -0.2) is 4.79 Å². The Morgan fingerprint density at radius 1 is 1.00 bits per heavy atom. The smallest absolute Gasteiger partial charge is 0.421 e. The van der Waals surface area contributed by atoms with Gasteiger partial charge in [-0.3, -0.25) is 0 Å². The molecule has 0 aliphatic rings. The van der Waals surface area contributed by atoms with Crippen LogP contribution in [0, 0.1) is 0 Å². The molecule has 0 radical (unpaired) electrons. The van der Waals surface area contributed by atoms with Gasteiger partial charge in [0.15, 0.2) is 5.60 Å². The van der Waals surface area contributed by atoms with Gasteiger partial charge >= 0.3 is 12.3 Å². The van der Waals surface area contributed by atoms with E-state index < -0.39 is 30.8 Å². The number of alkyl halides is 3. The van der Waals surface area contributed by atoms with Crippen LogP contribution in [0.15, 0.2) is 60.7 Å². The fraction of sp³-hybridized carbons (Fsp3) is 0.278. The fourth-order valence-corrected chi connectivity index (χ4v) is 2.28. The highest BCUT2D eigenvalue weighted by Crippen LogP contribution is 2.41. The standard InChI is InChI=1S/C18H18F3NO3/c19-18(20,21)17(24,15-9-5-2-6-10-15)11-12-22-16(23)25-13-14-7-3-1-4-8-14/h1-10,24H,11-13H2,(H,22,23). The van der Waals surface area contributed by atoms with Crippen LogP contribution in [0.2, 0.25) is 0 Å². The molecule has 0 spiro atoms. The van der Waals surface area contributed by atoms with E-state index in [1.54, 1.807) is 30.3 Å². The maximum absolute atomic E-state index is 13.3. The number of amides is 1. The molecule has 4 nitrogen and oxygen atoms in total. The molecule has 0 saturated carbocycles. The van der Waals surface area contributed by atoms with E-state index in [9.17, 15) is 23.1 Å². The summed E-state index contributed by atoms with van der Waals surface area (Å²) < 4.78 is 44.8. The van der Waals surface area contributed by atoms with Crippen molar-refractivity contribution in [3.05, 3.63) is 71.8 Å². The lowest BCUT2D eigenvalue weighted by Gasteiger charge is -2.31. The number of ether oxygens (including phenoxy) is 1. The summed E-state index contributed by atoms with van der Waals surface area (Å²) in [7, 11) is 0. The summed E-state index contributed by atoms with van der Waals surface area (Å²) in [4.78, 5) is 11.6. The highest BCUT2D eigenvalue weighted by Gasteiger charge is 2.54. The van der Waals surface area contributed by atoms with Crippen molar-refractivity contribution in [1.82, 2.24) is 5.32 Å². The Hall–Kier alpha value is -2.54. The van der Waals surface area contributed by atoms with E-state index in [1.165, 1.54) is 24.3 Å². The first-order chi connectivity index (χ1) is 11.8. The predicted octanol–water partition coefficient (Wildman–Crippen LogP) is 3.75. The van der Waals surface area contributed by atoms with Crippen LogP contribution in [-0.2, 0) is 16.9 Å². The summed E-state index contributed by atoms with van der Waals surface area (Å²) in [5.41, 5.74) is -2.56. The molecule has 2 N–H and O–H groups in total. The topological polar surface area (TPSA) is 58.6 Å². The first-order valence-electron chi connectivity index (χ1n) is 7.62. The van der Waals surface area contributed by atoms with E-state index in [2.05, 4.69) is 5.32 Å². The maximum atomic E-state index is 13.3. The van der Waals surface area contributed by atoms with E-state index in [-0.39, 0.29) is 12.2 Å². The molecular formula is C18H18F3NO3. The van der Waals surface area contributed by atoms with Crippen LogP contribution in [0.1, 0.15) is 17.5 Å². The largest absolute Gasteiger partial charge is 0.445 e. The lowest BCUT2D eigenvalue weighted by atomic mass is 9.89. The molecule has 1 unspecified atom stereocenters. The van der Waals surface area contributed by atoms with E-state index in [0.29, 0.717) is 0 Å². The molecule has 2 aromatic carbocycles. The fourth-order valence-electron chi connectivity index (χ4n) is 2.28. The van der Waals surface area contributed by atoms with Gasteiger partial charge in [0.25, 0.3) is 0 Å². The summed E-state index contributed by atoms with van der Waals surface area (Å²) in [6.45, 7) is -0.382. The summed E-state index contributed by atoms with van der Waals surface area (Å²) in [6.07, 6.45) is -6.44. The lowest BCUT2D eigenvalue weighted by Crippen LogP contribution is -2.45. The van der Waals surface area contributed by atoms with Crippen LogP contribution in [0.5, 0.6) is 0 Å². The third-order valence-corrected chi connectivity index (χ3v) is 3.69. The quantitative estimate of drug-likeness (QED) is 0.831. The van der Waals surface area contributed by atoms with E-state index in [4.69, 9.17) is 4.74 Å². The van der Waals surface area contributed by atoms with Gasteiger partial charge in [-0.15, -0.1) is 0 Å². The number of benzene rings is 2. The van der Waals surface area contributed by atoms with Crippen molar-refractivity contribution in [2.45, 2.75) is 24.8 Å². The normalized spacial score (nSPS) is 13.8. The Morgan fingerprint density at radius 2 is 1.56 bits per heavy atom. The molecule has 134 valence electrons. The van der Waals surface area contributed by atoms with Crippen molar-refractivity contribution in [3.8, 4) is 0 Å². The molecule has 0 aliphatic heterocycles. The Bertz CT molecular complexity index is 677. The molecule has 0 aromatic heterocycles. The predicted molar refractivity (Wildman–Crippen MR) is 85.6 cm³/mol. The van der Waals surface area contributed by atoms with Gasteiger partial charge in [0.1, 0.15) is 6.61 Å². The SMILES string of the molecule is O=C(NCCC(O)(c1ccccc1)C(F)(F)F)OCc1ccccc1. The van der Waals surface area contributed by atoms with Gasteiger partial charge in [0.05, 0.1) is 0 Å². The summed E-state index contributed by atoms with van der Waals surface area (Å²) in [6, 6.07) is 15.6. The van der Waals surface area contributed by atoms with Crippen molar-refractivity contribution in [1.29, 1.82) is 0 Å². The molecule has 1 amide bonds. The Labute approximate surface area is 143 Å². The lowest BCUT2D eigenvalue weighted by molar-refractivity contribution is -0.268. The second-order valence-corrected chi connectivity index (χ2v) is 5.46. The molecule has 0 heterocycles. The second-order valence-electron chi connectivity index (χ2n) is 5.46. The Balaban J connectivity index is 1.90. The minimum Gasteiger partial charge on any atom is -0.445 e. The Morgan fingerprint density at radius 3 is 2.12 bits per heavy atom. The maximum Gasteiger partial charge on any atom is 0.421 e. The molecule has 2 aromatic rings. The molecule has 2 rings (SSSR count). The summed E-state index contributed by atoms with van der Waals surface area (Å²) in [5.74, 6) is 0. The van der Waals surface area contributed by atoms with Gasteiger partial charge < -0.3 is 15.2 Å². The number of aliphatic hydroxyl groups is 1. The summed E-state index contributed by atoms with van der Waals surface area (Å²) >= 11 is 0. The zero-order chi connectivity index (χ0) is 18.3. The minimum atomic E-state index is -4.87. The number of halogens is 3. The zero-order valence-electron chi connectivity index (χ0n) is 13.3. The molecule has 25 heavy (non-hydrogen) atoms. The molecule has 1 atom stereocenters. The van der Waals surface area contributed by atoms with Crippen molar-refractivity contribution in [2.75, 3.05) is 6.54 Å². The number of alkyl carbamates (subject to hydrolysis) is 1. The molecular weight excluding hydrogens is 335 g/mol. The van der Waals surface area contributed by atoms with Crippen molar-refractivity contribution < 1.29 is 27.8 Å². The molecule has 0 aliphatic carbocycles. The van der Waals surface area contributed by atoms with E-state index >= 15 is 0 Å². The number of carbonyl (C=O) groups excluding carboxylic acids is 1. The van der Waals surface area contributed by atoms with Gasteiger partial charge in [-0.1, -0.05) is 60.7 Å². The number of nitrogens with one attached hydrogen (secondary N) is 1. The zero-order valence-corrected chi connectivity index (χ0v) is 13.3. The third kappa shape index (κ3) is 4.96. The van der Waals surface area contributed by atoms with Crippen LogP contribution in [0.3, 0.4) is 0 Å². The van der Waals surface area contributed by atoms with Gasteiger partial charge in [0.2, 0.25) is 0 Å². The molecule has 7 heteroatoms. The average molecular weight is 353 g/mol. The number of hydrogen-bond donors (Lipinski definition) is 2. The first kappa shape index (κ1) is 18.8. The van der Waals surface area contributed by atoms with Crippen molar-refractivity contribution in [2.24, 2.45) is 0 Å². The van der Waals surface area contributed by atoms with Gasteiger partial charge in [-0.2, -0.15) is 13.2 Å². The molecule has 0 fully saturated rings. The summed E-state index contributed by atoms with van der Waals surface area (Å²) in [5, 5.41) is 12.4. The average Bonchev–Trinajstić information content (AvgIpc) is 2.60. The number of rotatable bonds is 6. The van der Waals surface area contributed by atoms with Crippen LogP contribution in [0.4, 0.5) is 18.0 Å². The van der Waals surface area contributed by atoms with Crippen LogP contribution < -0.4 is 5.32 Å². The Kier molecular flexibility index (Phi) is 6.03. The van der Waals surface area contributed by atoms with Crippen LogP contribution >= 0.6 is 0 Å². The highest BCUT2D eigenvalue weighted by molar-refractivity contribution is 5.67. The first-order valence-corrected chi connectivity index (χ1v) is 7.62. The second kappa shape index (κ2) is 8.02. The third-order valence-electron chi connectivity index (χ3n) is 3.69. The van der Waals surface area contributed by atoms with Gasteiger partial charge in [-0.05, 0) is 11.1 Å². The van der Waals surface area contributed by atoms with Crippen molar-refractivity contribution in [3.63, 3.8) is 0 Å². The number of carbonyl (C=O) groups is 1. The number of hydrogen-bond acceptors (Lipinski definition) is 3. The molecule has 0 bridgehead atoms. The molecule has 0 saturated heterocycles. The monoisotopic (exact) mass is 353 g/mol. The van der Waals surface area contributed by atoms with E-state index in [0.717, 1.165) is 5.56 Å². The van der Waals surface area contributed by atoms with Crippen LogP contribution in [-0.4, -0.2) is 23.9 Å². The van der Waals surface area contributed by atoms with Gasteiger partial charge in [0, 0.05) is 13.0 Å². The van der Waals surface area contributed by atoms with Crippen LogP contribution in [0.25, 0.3) is 0 Å². The van der Waals surface area contributed by atoms with Crippen molar-refractivity contribution >= 4 is 6.09 Å².